The number of halogens is 4. The summed E-state index contributed by atoms with van der Waals surface area (Å²) in [4.78, 5) is 6.54. The summed E-state index contributed by atoms with van der Waals surface area (Å²) in [5, 5.41) is 2.66. The molecule has 0 radical (unpaired) electrons. The highest BCUT2D eigenvalue weighted by Crippen LogP contribution is 2.29. The Kier molecular flexibility index (Phi) is 8.75. The second-order valence-corrected chi connectivity index (χ2v) is 7.36. The lowest BCUT2D eigenvalue weighted by molar-refractivity contribution is -0.274. The molecule has 5 nitrogen and oxygen atoms in total. The van der Waals surface area contributed by atoms with Crippen LogP contribution in [-0.2, 0) is 6.54 Å². The van der Waals surface area contributed by atoms with Crippen molar-refractivity contribution in [3.63, 3.8) is 0 Å². The van der Waals surface area contributed by atoms with Crippen LogP contribution in [0.5, 0.6) is 5.75 Å². The van der Waals surface area contributed by atoms with E-state index in [1.165, 1.54) is 23.9 Å². The van der Waals surface area contributed by atoms with Crippen LogP contribution in [0.15, 0.2) is 53.5 Å². The van der Waals surface area contributed by atoms with Gasteiger partial charge in [0.25, 0.3) is 0 Å². The first-order valence-electron chi connectivity index (χ1n) is 8.74. The molecule has 0 bridgehead atoms. The van der Waals surface area contributed by atoms with Gasteiger partial charge in [-0.2, -0.15) is 11.8 Å². The van der Waals surface area contributed by atoms with E-state index in [1.54, 1.807) is 6.07 Å². The Morgan fingerprint density at radius 2 is 1.76 bits per heavy atom. The zero-order chi connectivity index (χ0) is 20.0. The molecule has 2 aromatic rings. The first-order valence-corrected chi connectivity index (χ1v) is 9.89. The van der Waals surface area contributed by atoms with Crippen LogP contribution in [-0.4, -0.2) is 36.9 Å². The van der Waals surface area contributed by atoms with Crippen LogP contribution in [0.2, 0.25) is 0 Å². The van der Waals surface area contributed by atoms with Gasteiger partial charge in [0, 0.05) is 30.3 Å². The lowest BCUT2D eigenvalue weighted by Crippen LogP contribution is -2.32. The first kappa shape index (κ1) is 23.5. The highest BCUT2D eigenvalue weighted by atomic mass is 127. The number of hydrogen-bond donors (Lipinski definition) is 2. The zero-order valence-electron chi connectivity index (χ0n) is 15.5. The van der Waals surface area contributed by atoms with Crippen molar-refractivity contribution in [2.75, 3.05) is 34.8 Å². The van der Waals surface area contributed by atoms with Gasteiger partial charge in [0.1, 0.15) is 0 Å². The van der Waals surface area contributed by atoms with E-state index in [2.05, 4.69) is 32.1 Å². The largest absolute Gasteiger partial charge is 0.573 e. The van der Waals surface area contributed by atoms with E-state index >= 15 is 0 Å². The average molecular weight is 538 g/mol. The Hall–Kier alpha value is -1.82. The fraction of sp³-hybridized carbons (Fsp3) is 0.316. The molecular formula is C19H22F3IN4OS. The Balaban J connectivity index is 0.00000300. The number of nitrogens with zero attached hydrogens (tertiary/aromatic N) is 2. The molecule has 2 aromatic carbocycles. The number of para-hydroxylation sites is 2. The number of thioether (sulfide) groups is 1. The normalized spacial score (nSPS) is 14.9. The summed E-state index contributed by atoms with van der Waals surface area (Å²) < 4.78 is 41.4. The van der Waals surface area contributed by atoms with Gasteiger partial charge in [-0.3, -0.25) is 0 Å². The molecule has 3 N–H and O–H groups in total. The number of alkyl halides is 3. The second kappa shape index (κ2) is 10.8. The number of nitrogens with two attached hydrogens (primary N) is 1. The molecule has 29 heavy (non-hydrogen) atoms. The molecule has 0 aromatic heterocycles. The minimum Gasteiger partial charge on any atom is -0.404 e. The molecule has 1 heterocycles. The quantitative estimate of drug-likeness (QED) is 0.329. The average Bonchev–Trinajstić information content (AvgIpc) is 2.68. The number of guanidine groups is 1. The lowest BCUT2D eigenvalue weighted by atomic mass is 10.2. The monoisotopic (exact) mass is 538 g/mol. The van der Waals surface area contributed by atoms with Crippen LogP contribution >= 0.6 is 35.7 Å². The molecule has 0 atom stereocenters. The number of ether oxygens (including phenoxy) is 1. The summed E-state index contributed by atoms with van der Waals surface area (Å²) in [6, 6.07) is 13.7. The second-order valence-electron chi connectivity index (χ2n) is 6.14. The van der Waals surface area contributed by atoms with E-state index in [0.717, 1.165) is 30.2 Å². The van der Waals surface area contributed by atoms with Crippen LogP contribution in [0.25, 0.3) is 0 Å². The molecule has 1 saturated heterocycles. The van der Waals surface area contributed by atoms with Gasteiger partial charge in [-0.25, -0.2) is 4.99 Å². The lowest BCUT2D eigenvalue weighted by Gasteiger charge is -2.28. The maximum Gasteiger partial charge on any atom is 0.573 e. The minimum atomic E-state index is -4.78. The minimum absolute atomic E-state index is 0. The predicted octanol–water partition coefficient (Wildman–Crippen LogP) is 4.68. The maximum atomic E-state index is 12.5. The van der Waals surface area contributed by atoms with Gasteiger partial charge in [-0.1, -0.05) is 24.3 Å². The van der Waals surface area contributed by atoms with Gasteiger partial charge in [0.05, 0.1) is 12.2 Å². The van der Waals surface area contributed by atoms with E-state index in [9.17, 15) is 13.2 Å². The van der Waals surface area contributed by atoms with Crippen molar-refractivity contribution < 1.29 is 17.9 Å². The molecule has 1 aliphatic heterocycles. The standard InChI is InChI=1S/C19H21F3N4OS.HI/c20-19(21,22)27-17-4-2-1-3-16(17)25-18(23)24-13-14-5-7-15(8-6-14)26-9-11-28-12-10-26;/h1-8H,9-13H2,(H3,23,24,25);1H. The van der Waals surface area contributed by atoms with E-state index in [0.29, 0.717) is 6.54 Å². The van der Waals surface area contributed by atoms with Crippen molar-refractivity contribution in [2.45, 2.75) is 12.9 Å². The van der Waals surface area contributed by atoms with Crippen molar-refractivity contribution in [2.24, 2.45) is 10.7 Å². The van der Waals surface area contributed by atoms with Crippen LogP contribution in [0, 0.1) is 0 Å². The van der Waals surface area contributed by atoms with Crippen molar-refractivity contribution in [1.29, 1.82) is 0 Å². The summed E-state index contributed by atoms with van der Waals surface area (Å²) in [5.41, 5.74) is 8.06. The third kappa shape index (κ3) is 7.50. The Morgan fingerprint density at radius 1 is 1.10 bits per heavy atom. The SMILES string of the molecule is I.NC(=NCc1ccc(N2CCSCC2)cc1)Nc1ccccc1OC(F)(F)F. The van der Waals surface area contributed by atoms with E-state index in [4.69, 9.17) is 5.73 Å². The third-order valence-corrected chi connectivity index (χ3v) is 5.06. The van der Waals surface area contributed by atoms with Crippen molar-refractivity contribution >= 4 is 53.1 Å². The van der Waals surface area contributed by atoms with Crippen LogP contribution in [0.4, 0.5) is 24.5 Å². The fourth-order valence-electron chi connectivity index (χ4n) is 2.77. The van der Waals surface area contributed by atoms with Gasteiger partial charge in [0.2, 0.25) is 0 Å². The van der Waals surface area contributed by atoms with Crippen molar-refractivity contribution in [3.8, 4) is 5.75 Å². The fourth-order valence-corrected chi connectivity index (χ4v) is 3.67. The topological polar surface area (TPSA) is 62.9 Å². The number of aliphatic imine (C=N–C) groups is 1. The third-order valence-electron chi connectivity index (χ3n) is 4.12. The van der Waals surface area contributed by atoms with Gasteiger partial charge < -0.3 is 20.7 Å². The summed E-state index contributed by atoms with van der Waals surface area (Å²) in [5.74, 6) is 1.91. The maximum absolute atomic E-state index is 12.5. The van der Waals surface area contributed by atoms with E-state index in [-0.39, 0.29) is 41.4 Å². The molecule has 0 spiro atoms. The molecular weight excluding hydrogens is 516 g/mol. The zero-order valence-corrected chi connectivity index (χ0v) is 18.6. The number of anilines is 2. The highest BCUT2D eigenvalue weighted by molar-refractivity contribution is 14.0. The van der Waals surface area contributed by atoms with E-state index < -0.39 is 6.36 Å². The number of hydrogen-bond acceptors (Lipinski definition) is 4. The molecule has 1 aliphatic rings. The number of rotatable bonds is 5. The van der Waals surface area contributed by atoms with Gasteiger partial charge in [0.15, 0.2) is 11.7 Å². The van der Waals surface area contributed by atoms with E-state index in [1.807, 2.05) is 23.9 Å². The summed E-state index contributed by atoms with van der Waals surface area (Å²) in [7, 11) is 0. The van der Waals surface area contributed by atoms with Crippen LogP contribution in [0.3, 0.4) is 0 Å². The van der Waals surface area contributed by atoms with Gasteiger partial charge in [-0.15, -0.1) is 37.1 Å². The number of nitrogens with one attached hydrogen (secondary N) is 1. The molecule has 0 amide bonds. The highest BCUT2D eigenvalue weighted by Gasteiger charge is 2.32. The molecule has 158 valence electrons. The van der Waals surface area contributed by atoms with Gasteiger partial charge >= 0.3 is 6.36 Å². The molecule has 0 saturated carbocycles. The molecule has 0 aliphatic carbocycles. The first-order chi connectivity index (χ1) is 13.4. The molecule has 0 unspecified atom stereocenters. The van der Waals surface area contributed by atoms with Gasteiger partial charge in [-0.05, 0) is 29.8 Å². The Labute approximate surface area is 188 Å². The van der Waals surface area contributed by atoms with Crippen molar-refractivity contribution in [1.82, 2.24) is 0 Å². The Morgan fingerprint density at radius 3 is 2.41 bits per heavy atom. The molecule has 3 rings (SSSR count). The summed E-state index contributed by atoms with van der Waals surface area (Å²) in [6.45, 7) is 2.40. The summed E-state index contributed by atoms with van der Waals surface area (Å²) >= 11 is 1.96. The molecule has 1 fully saturated rings. The van der Waals surface area contributed by atoms with Crippen LogP contribution < -0.4 is 20.7 Å². The van der Waals surface area contributed by atoms with Crippen molar-refractivity contribution in [3.05, 3.63) is 54.1 Å². The van der Waals surface area contributed by atoms with Crippen LogP contribution in [0.1, 0.15) is 5.56 Å². The Bertz CT molecular complexity index is 812. The predicted molar refractivity (Wildman–Crippen MR) is 123 cm³/mol. The number of benzene rings is 2. The molecule has 10 heteroatoms. The summed E-state index contributed by atoms with van der Waals surface area (Å²) in [6.07, 6.45) is -4.78. The smallest absolute Gasteiger partial charge is 0.404 e.